The second-order valence-electron chi connectivity index (χ2n) is 7.45. The smallest absolute Gasteiger partial charge is 0.248 e. The summed E-state index contributed by atoms with van der Waals surface area (Å²) in [5.41, 5.74) is 6.27. The molecule has 3 amide bonds. The zero-order chi connectivity index (χ0) is 19.8. The maximum Gasteiger partial charge on any atom is 0.248 e. The molecule has 1 atom stereocenters. The minimum atomic E-state index is -0.489. The normalized spacial score (nSPS) is 17.5. The van der Waals surface area contributed by atoms with Gasteiger partial charge in [-0.3, -0.25) is 14.4 Å². The predicted octanol–water partition coefficient (Wildman–Crippen LogP) is 1.60. The van der Waals surface area contributed by atoms with Crippen LogP contribution >= 0.6 is 0 Å². The van der Waals surface area contributed by atoms with Crippen LogP contribution in [0.5, 0.6) is 0 Å². The molecule has 0 aliphatic carbocycles. The number of carbonyl (C=O) groups is 3. The van der Waals surface area contributed by atoms with Crippen LogP contribution < -0.4 is 16.4 Å². The highest BCUT2D eigenvalue weighted by atomic mass is 16.2. The molecule has 27 heavy (non-hydrogen) atoms. The highest BCUT2D eigenvalue weighted by Crippen LogP contribution is 2.16. The first-order chi connectivity index (χ1) is 12.8. The highest BCUT2D eigenvalue weighted by Gasteiger charge is 2.21. The number of anilines is 1. The minimum Gasteiger partial charge on any atom is -0.366 e. The fourth-order valence-corrected chi connectivity index (χ4v) is 3.17. The van der Waals surface area contributed by atoms with Gasteiger partial charge in [0.1, 0.15) is 0 Å². The molecule has 0 saturated carbocycles. The first-order valence-corrected chi connectivity index (χ1v) is 9.55. The molecule has 2 rings (SSSR count). The van der Waals surface area contributed by atoms with Crippen LogP contribution in [0, 0.1) is 11.8 Å². The number of nitrogens with two attached hydrogens (primary N) is 1. The molecule has 0 radical (unpaired) electrons. The molecule has 148 valence electrons. The summed E-state index contributed by atoms with van der Waals surface area (Å²) < 4.78 is 0. The van der Waals surface area contributed by atoms with E-state index < -0.39 is 5.91 Å². The number of nitrogens with one attached hydrogen (secondary N) is 2. The molecule has 1 aliphatic rings. The lowest BCUT2D eigenvalue weighted by Gasteiger charge is -2.32. The molecule has 1 aromatic carbocycles. The van der Waals surface area contributed by atoms with Crippen molar-refractivity contribution in [2.75, 3.05) is 31.5 Å². The van der Waals surface area contributed by atoms with Crippen molar-refractivity contribution < 1.29 is 14.4 Å². The van der Waals surface area contributed by atoms with Gasteiger partial charge in [0.05, 0.1) is 0 Å². The Bertz CT molecular complexity index is 658. The van der Waals surface area contributed by atoms with E-state index >= 15 is 0 Å². The average Bonchev–Trinajstić information content (AvgIpc) is 2.65. The van der Waals surface area contributed by atoms with Crippen LogP contribution in [-0.4, -0.2) is 48.8 Å². The number of benzene rings is 1. The SMILES string of the molecule is CC(C)C(=O)NCC1CCCN(CCC(=O)Nc2ccc(C(N)=O)cc2)C1. The number of amides is 3. The number of likely N-dealkylation sites (tertiary alicyclic amines) is 1. The number of hydrogen-bond acceptors (Lipinski definition) is 4. The van der Waals surface area contributed by atoms with Crippen molar-refractivity contribution >= 4 is 23.4 Å². The van der Waals surface area contributed by atoms with Crippen LogP contribution in [-0.2, 0) is 9.59 Å². The summed E-state index contributed by atoms with van der Waals surface area (Å²) in [6.07, 6.45) is 2.59. The van der Waals surface area contributed by atoms with Crippen molar-refractivity contribution in [2.24, 2.45) is 17.6 Å². The maximum absolute atomic E-state index is 12.2. The van der Waals surface area contributed by atoms with E-state index in [1.807, 2.05) is 13.8 Å². The lowest BCUT2D eigenvalue weighted by atomic mass is 9.97. The van der Waals surface area contributed by atoms with Gasteiger partial charge in [0.15, 0.2) is 0 Å². The van der Waals surface area contributed by atoms with Gasteiger partial charge < -0.3 is 21.3 Å². The molecule has 4 N–H and O–H groups in total. The molecular formula is C20H30N4O3. The molecule has 1 saturated heterocycles. The van der Waals surface area contributed by atoms with Gasteiger partial charge in [0.25, 0.3) is 0 Å². The summed E-state index contributed by atoms with van der Waals surface area (Å²) in [6, 6.07) is 6.54. The standard InChI is InChI=1S/C20H30N4O3/c1-14(2)20(27)22-12-15-4-3-10-24(13-15)11-9-18(25)23-17-7-5-16(6-8-17)19(21)26/h5-8,14-15H,3-4,9-13H2,1-2H3,(H2,21,26)(H,22,27)(H,23,25). The minimum absolute atomic E-state index is 0.00503. The third-order valence-corrected chi connectivity index (χ3v) is 4.80. The predicted molar refractivity (Wildman–Crippen MR) is 105 cm³/mol. The Kier molecular flexibility index (Phi) is 7.79. The van der Waals surface area contributed by atoms with Crippen molar-refractivity contribution in [3.8, 4) is 0 Å². The second-order valence-corrected chi connectivity index (χ2v) is 7.45. The van der Waals surface area contributed by atoms with E-state index in [2.05, 4.69) is 15.5 Å². The molecule has 1 aliphatic heterocycles. The number of nitrogens with zero attached hydrogens (tertiary/aromatic N) is 1. The third-order valence-electron chi connectivity index (χ3n) is 4.80. The van der Waals surface area contributed by atoms with Crippen LogP contribution in [0.4, 0.5) is 5.69 Å². The summed E-state index contributed by atoms with van der Waals surface area (Å²) >= 11 is 0. The van der Waals surface area contributed by atoms with E-state index in [-0.39, 0.29) is 17.7 Å². The van der Waals surface area contributed by atoms with Crippen LogP contribution in [0.3, 0.4) is 0 Å². The molecule has 7 nitrogen and oxygen atoms in total. The summed E-state index contributed by atoms with van der Waals surface area (Å²) in [4.78, 5) is 37.2. The zero-order valence-corrected chi connectivity index (χ0v) is 16.2. The van der Waals surface area contributed by atoms with Gasteiger partial charge in [-0.2, -0.15) is 0 Å². The van der Waals surface area contributed by atoms with Crippen LogP contribution in [0.25, 0.3) is 0 Å². The monoisotopic (exact) mass is 374 g/mol. The van der Waals surface area contributed by atoms with Gasteiger partial charge in [-0.15, -0.1) is 0 Å². The Labute approximate surface area is 160 Å². The quantitative estimate of drug-likeness (QED) is 0.643. The van der Waals surface area contributed by atoms with Crippen LogP contribution in [0.2, 0.25) is 0 Å². The van der Waals surface area contributed by atoms with Gasteiger partial charge in [0.2, 0.25) is 17.7 Å². The Morgan fingerprint density at radius 2 is 1.93 bits per heavy atom. The molecule has 0 aromatic heterocycles. The van der Waals surface area contributed by atoms with E-state index in [1.165, 1.54) is 0 Å². The van der Waals surface area contributed by atoms with Crippen LogP contribution in [0.15, 0.2) is 24.3 Å². The topological polar surface area (TPSA) is 105 Å². The van der Waals surface area contributed by atoms with E-state index in [0.29, 0.717) is 36.7 Å². The maximum atomic E-state index is 12.2. The van der Waals surface area contributed by atoms with Gasteiger partial charge in [-0.1, -0.05) is 13.8 Å². The summed E-state index contributed by atoms with van der Waals surface area (Å²) in [5.74, 6) is -0.0145. The van der Waals surface area contributed by atoms with Crippen molar-refractivity contribution in [2.45, 2.75) is 33.1 Å². The zero-order valence-electron chi connectivity index (χ0n) is 16.2. The van der Waals surface area contributed by atoms with Gasteiger partial charge in [-0.25, -0.2) is 0 Å². The summed E-state index contributed by atoms with van der Waals surface area (Å²) in [7, 11) is 0. The van der Waals surface area contributed by atoms with E-state index in [0.717, 1.165) is 25.9 Å². The largest absolute Gasteiger partial charge is 0.366 e. The molecule has 1 fully saturated rings. The van der Waals surface area contributed by atoms with Crippen molar-refractivity contribution in [3.63, 3.8) is 0 Å². The molecule has 1 aromatic rings. The Morgan fingerprint density at radius 3 is 2.56 bits per heavy atom. The first kappa shape index (κ1) is 20.9. The van der Waals surface area contributed by atoms with Crippen molar-refractivity contribution in [3.05, 3.63) is 29.8 Å². The lowest BCUT2D eigenvalue weighted by molar-refractivity contribution is -0.124. The van der Waals surface area contributed by atoms with Crippen molar-refractivity contribution in [1.82, 2.24) is 10.2 Å². The molecule has 0 spiro atoms. The summed E-state index contributed by atoms with van der Waals surface area (Å²) in [6.45, 7) is 7.06. The van der Waals surface area contributed by atoms with Crippen molar-refractivity contribution in [1.29, 1.82) is 0 Å². The van der Waals surface area contributed by atoms with Gasteiger partial charge >= 0.3 is 0 Å². The fourth-order valence-electron chi connectivity index (χ4n) is 3.17. The number of primary amides is 1. The molecule has 7 heteroatoms. The fraction of sp³-hybridized carbons (Fsp3) is 0.550. The molecule has 0 bridgehead atoms. The lowest BCUT2D eigenvalue weighted by Crippen LogP contribution is -2.42. The molecular weight excluding hydrogens is 344 g/mol. The average molecular weight is 374 g/mol. The Hall–Kier alpha value is -2.41. The first-order valence-electron chi connectivity index (χ1n) is 9.55. The Balaban J connectivity index is 1.72. The van der Waals surface area contributed by atoms with Gasteiger partial charge in [-0.05, 0) is 49.6 Å². The highest BCUT2D eigenvalue weighted by molar-refractivity contribution is 5.94. The number of rotatable bonds is 8. The van der Waals surface area contributed by atoms with E-state index in [9.17, 15) is 14.4 Å². The van der Waals surface area contributed by atoms with E-state index in [4.69, 9.17) is 5.73 Å². The van der Waals surface area contributed by atoms with Crippen LogP contribution in [0.1, 0.15) is 43.5 Å². The van der Waals surface area contributed by atoms with Gasteiger partial charge in [0, 0.05) is 43.2 Å². The van der Waals surface area contributed by atoms with E-state index in [1.54, 1.807) is 24.3 Å². The number of hydrogen-bond donors (Lipinski definition) is 3. The number of piperidine rings is 1. The third kappa shape index (κ3) is 7.02. The molecule has 1 unspecified atom stereocenters. The Morgan fingerprint density at radius 1 is 1.22 bits per heavy atom. The molecule has 1 heterocycles. The summed E-state index contributed by atoms with van der Waals surface area (Å²) in [5, 5.41) is 5.84. The number of carbonyl (C=O) groups excluding carboxylic acids is 3. The second kappa shape index (κ2) is 10.1.